The van der Waals surface area contributed by atoms with Crippen LogP contribution >= 0.6 is 0 Å². The van der Waals surface area contributed by atoms with Gasteiger partial charge in [0.2, 0.25) is 5.91 Å². The number of fused-ring (bicyclic) bond motifs is 1. The van der Waals surface area contributed by atoms with Gasteiger partial charge in [0.05, 0.1) is 18.7 Å². The molecule has 0 aliphatic carbocycles. The topological polar surface area (TPSA) is 67.3 Å². The summed E-state index contributed by atoms with van der Waals surface area (Å²) < 4.78 is 5.42. The van der Waals surface area contributed by atoms with Gasteiger partial charge in [-0.2, -0.15) is 0 Å². The highest BCUT2D eigenvalue weighted by Crippen LogP contribution is 2.25. The first kappa shape index (κ1) is 18.1. The van der Waals surface area contributed by atoms with Crippen LogP contribution in [0.15, 0.2) is 54.9 Å². The first-order valence-electron chi connectivity index (χ1n) is 9.32. The maximum Gasteiger partial charge on any atom is 0.248 e. The van der Waals surface area contributed by atoms with Crippen molar-refractivity contribution in [2.45, 2.75) is 6.92 Å². The van der Waals surface area contributed by atoms with E-state index < -0.39 is 0 Å². The summed E-state index contributed by atoms with van der Waals surface area (Å²) >= 11 is 0. The van der Waals surface area contributed by atoms with Crippen molar-refractivity contribution in [1.29, 1.82) is 0 Å². The Bertz CT molecular complexity index is 1010. The lowest BCUT2D eigenvalue weighted by Crippen LogP contribution is -2.36. The Labute approximate surface area is 163 Å². The standard InChI is InChI=1S/C22H22N4O2/c1-16-13-21(26-9-11-28-12-10-26)25-20-6-5-18(14-19(16)20)24-22(27)7-4-17-3-2-8-23-15-17/h2-8,13-15H,9-12H2,1H3,(H,24,27)/b7-4+. The Morgan fingerprint density at radius 2 is 2.07 bits per heavy atom. The van der Waals surface area contributed by atoms with Crippen LogP contribution in [0.1, 0.15) is 11.1 Å². The molecule has 142 valence electrons. The third-order valence-electron chi connectivity index (χ3n) is 4.72. The van der Waals surface area contributed by atoms with Crippen molar-refractivity contribution in [3.8, 4) is 0 Å². The number of nitrogens with one attached hydrogen (secondary N) is 1. The predicted molar refractivity (Wildman–Crippen MR) is 111 cm³/mol. The first-order chi connectivity index (χ1) is 13.7. The molecule has 4 rings (SSSR count). The molecular weight excluding hydrogens is 352 g/mol. The number of benzene rings is 1. The fraction of sp³-hybridized carbons (Fsp3) is 0.227. The third kappa shape index (κ3) is 4.18. The van der Waals surface area contributed by atoms with E-state index in [1.165, 1.54) is 6.08 Å². The van der Waals surface area contributed by atoms with E-state index >= 15 is 0 Å². The van der Waals surface area contributed by atoms with Gasteiger partial charge in [-0.15, -0.1) is 0 Å². The first-order valence-corrected chi connectivity index (χ1v) is 9.32. The van der Waals surface area contributed by atoms with Gasteiger partial charge >= 0.3 is 0 Å². The molecule has 0 radical (unpaired) electrons. The minimum absolute atomic E-state index is 0.182. The molecule has 1 fully saturated rings. The van der Waals surface area contributed by atoms with Crippen LogP contribution in [0, 0.1) is 6.92 Å². The van der Waals surface area contributed by atoms with Crippen molar-refractivity contribution in [3.63, 3.8) is 0 Å². The van der Waals surface area contributed by atoms with Crippen molar-refractivity contribution in [3.05, 3.63) is 66.0 Å². The predicted octanol–water partition coefficient (Wildman–Crippen LogP) is 3.43. The van der Waals surface area contributed by atoms with Gasteiger partial charge in [-0.25, -0.2) is 4.98 Å². The molecule has 1 aliphatic rings. The summed E-state index contributed by atoms with van der Waals surface area (Å²) in [6.07, 6.45) is 6.66. The number of hydrogen-bond acceptors (Lipinski definition) is 5. The van der Waals surface area contributed by atoms with Crippen LogP contribution in [0.3, 0.4) is 0 Å². The van der Waals surface area contributed by atoms with Crippen LogP contribution in [-0.4, -0.2) is 42.2 Å². The minimum Gasteiger partial charge on any atom is -0.378 e. The molecule has 1 aliphatic heterocycles. The molecule has 0 spiro atoms. The average molecular weight is 374 g/mol. The smallest absolute Gasteiger partial charge is 0.248 e. The summed E-state index contributed by atoms with van der Waals surface area (Å²) in [4.78, 5) is 23.3. The lowest BCUT2D eigenvalue weighted by Gasteiger charge is -2.28. The van der Waals surface area contributed by atoms with Crippen LogP contribution in [0.2, 0.25) is 0 Å². The Kier molecular flexibility index (Phi) is 5.30. The second-order valence-corrected chi connectivity index (χ2v) is 6.74. The van der Waals surface area contributed by atoms with Gasteiger partial charge in [-0.3, -0.25) is 9.78 Å². The number of pyridine rings is 2. The fourth-order valence-corrected chi connectivity index (χ4v) is 3.24. The summed E-state index contributed by atoms with van der Waals surface area (Å²) in [5, 5.41) is 3.94. The van der Waals surface area contributed by atoms with Crippen LogP contribution in [0.25, 0.3) is 17.0 Å². The minimum atomic E-state index is -0.182. The number of ether oxygens (including phenoxy) is 1. The van der Waals surface area contributed by atoms with Gasteiger partial charge in [-0.1, -0.05) is 6.07 Å². The van der Waals surface area contributed by atoms with E-state index in [2.05, 4.69) is 28.2 Å². The highest BCUT2D eigenvalue weighted by atomic mass is 16.5. The molecule has 3 aromatic rings. The second kappa shape index (κ2) is 8.19. The van der Waals surface area contributed by atoms with Crippen LogP contribution < -0.4 is 10.2 Å². The van der Waals surface area contributed by atoms with Crippen molar-refractivity contribution >= 4 is 34.4 Å². The number of aromatic nitrogens is 2. The van der Waals surface area contributed by atoms with Crippen molar-refractivity contribution in [2.24, 2.45) is 0 Å². The maximum absolute atomic E-state index is 12.2. The SMILES string of the molecule is Cc1cc(N2CCOCC2)nc2ccc(NC(=O)/C=C/c3cccnc3)cc12. The van der Waals surface area contributed by atoms with E-state index in [1.54, 1.807) is 18.5 Å². The highest BCUT2D eigenvalue weighted by Gasteiger charge is 2.14. The number of aryl methyl sites for hydroxylation is 1. The lowest BCUT2D eigenvalue weighted by molar-refractivity contribution is -0.111. The van der Waals surface area contributed by atoms with Crippen LogP contribution in [-0.2, 0) is 9.53 Å². The van der Waals surface area contributed by atoms with Gasteiger partial charge in [0.25, 0.3) is 0 Å². The number of carbonyl (C=O) groups excluding carboxylic acids is 1. The van der Waals surface area contributed by atoms with E-state index in [9.17, 15) is 4.79 Å². The molecule has 1 aromatic carbocycles. The van der Waals surface area contributed by atoms with Gasteiger partial charge in [0, 0.05) is 42.6 Å². The third-order valence-corrected chi connectivity index (χ3v) is 4.72. The van der Waals surface area contributed by atoms with E-state index in [0.717, 1.165) is 59.8 Å². The number of morpholine rings is 1. The molecule has 0 atom stereocenters. The largest absolute Gasteiger partial charge is 0.378 e. The molecule has 3 heterocycles. The van der Waals surface area contributed by atoms with E-state index in [4.69, 9.17) is 9.72 Å². The molecule has 0 saturated carbocycles. The Morgan fingerprint density at radius 1 is 1.21 bits per heavy atom. The fourth-order valence-electron chi connectivity index (χ4n) is 3.24. The van der Waals surface area contributed by atoms with Gasteiger partial charge < -0.3 is 15.0 Å². The highest BCUT2D eigenvalue weighted by molar-refractivity contribution is 6.03. The number of anilines is 2. The molecule has 1 amide bonds. The Hall–Kier alpha value is -3.25. The normalized spacial score (nSPS) is 14.5. The van der Waals surface area contributed by atoms with Gasteiger partial charge in [-0.05, 0) is 54.5 Å². The molecular formula is C22H22N4O2. The summed E-state index contributed by atoms with van der Waals surface area (Å²) in [5.74, 6) is 0.795. The summed E-state index contributed by atoms with van der Waals surface area (Å²) in [6, 6.07) is 11.6. The van der Waals surface area contributed by atoms with E-state index in [1.807, 2.05) is 30.3 Å². The van der Waals surface area contributed by atoms with E-state index in [-0.39, 0.29) is 5.91 Å². The molecule has 6 nitrogen and oxygen atoms in total. The Balaban J connectivity index is 1.52. The number of nitrogens with zero attached hydrogens (tertiary/aromatic N) is 3. The summed E-state index contributed by atoms with van der Waals surface area (Å²) in [5.41, 5.74) is 3.68. The van der Waals surface area contributed by atoms with E-state index in [0.29, 0.717) is 0 Å². The number of hydrogen-bond donors (Lipinski definition) is 1. The van der Waals surface area contributed by atoms with Gasteiger partial charge in [0.15, 0.2) is 0 Å². The van der Waals surface area contributed by atoms with Crippen LogP contribution in [0.4, 0.5) is 11.5 Å². The second-order valence-electron chi connectivity index (χ2n) is 6.74. The molecule has 1 N–H and O–H groups in total. The summed E-state index contributed by atoms with van der Waals surface area (Å²) in [6.45, 7) is 5.25. The van der Waals surface area contributed by atoms with Crippen molar-refractivity contribution in [2.75, 3.05) is 36.5 Å². The number of rotatable bonds is 4. The molecule has 0 bridgehead atoms. The average Bonchev–Trinajstić information content (AvgIpc) is 2.74. The Morgan fingerprint density at radius 3 is 2.86 bits per heavy atom. The number of carbonyl (C=O) groups is 1. The molecule has 28 heavy (non-hydrogen) atoms. The monoisotopic (exact) mass is 374 g/mol. The van der Waals surface area contributed by atoms with Crippen molar-refractivity contribution < 1.29 is 9.53 Å². The van der Waals surface area contributed by atoms with Crippen LogP contribution in [0.5, 0.6) is 0 Å². The zero-order valence-electron chi connectivity index (χ0n) is 15.8. The number of amides is 1. The molecule has 0 unspecified atom stereocenters. The maximum atomic E-state index is 12.2. The molecule has 1 saturated heterocycles. The lowest BCUT2D eigenvalue weighted by atomic mass is 10.1. The zero-order valence-corrected chi connectivity index (χ0v) is 15.8. The zero-order chi connectivity index (χ0) is 19.3. The molecule has 2 aromatic heterocycles. The van der Waals surface area contributed by atoms with Gasteiger partial charge in [0.1, 0.15) is 5.82 Å². The quantitative estimate of drug-likeness (QED) is 0.709. The molecule has 6 heteroatoms. The summed E-state index contributed by atoms with van der Waals surface area (Å²) in [7, 11) is 0. The van der Waals surface area contributed by atoms with Crippen molar-refractivity contribution in [1.82, 2.24) is 9.97 Å².